The first-order chi connectivity index (χ1) is 12.9. The number of nitrogens with one attached hydrogen (secondary N) is 3. The maximum Gasteiger partial charge on any atom is 0.289 e. The van der Waals surface area contributed by atoms with Crippen molar-refractivity contribution in [2.24, 2.45) is 5.92 Å². The normalized spacial score (nSPS) is 19.9. The lowest BCUT2D eigenvalue weighted by Gasteiger charge is -2.28. The van der Waals surface area contributed by atoms with Crippen molar-refractivity contribution < 1.29 is 24.0 Å². The molecule has 9 nitrogen and oxygen atoms in total. The van der Waals surface area contributed by atoms with E-state index in [1.165, 1.54) is 4.90 Å². The summed E-state index contributed by atoms with van der Waals surface area (Å²) in [6.45, 7) is 6.20. The summed E-state index contributed by atoms with van der Waals surface area (Å²) in [6, 6.07) is -1.64. The van der Waals surface area contributed by atoms with Crippen molar-refractivity contribution in [3.8, 4) is 0 Å². The molecule has 0 aromatic heterocycles. The van der Waals surface area contributed by atoms with Crippen LogP contribution >= 0.6 is 0 Å². The molecule has 3 N–H and O–H groups in total. The zero-order valence-electron chi connectivity index (χ0n) is 16.2. The Morgan fingerprint density at radius 2 is 1.89 bits per heavy atom. The fourth-order valence-corrected chi connectivity index (χ4v) is 3.16. The third-order valence-corrected chi connectivity index (χ3v) is 4.60. The van der Waals surface area contributed by atoms with Gasteiger partial charge in [-0.1, -0.05) is 27.2 Å². The number of rotatable bonds is 11. The molecule has 3 unspecified atom stereocenters. The van der Waals surface area contributed by atoms with Crippen LogP contribution in [0.25, 0.3) is 0 Å². The van der Waals surface area contributed by atoms with Crippen molar-refractivity contribution in [1.29, 1.82) is 0 Å². The summed E-state index contributed by atoms with van der Waals surface area (Å²) < 4.78 is 0. The van der Waals surface area contributed by atoms with E-state index in [9.17, 15) is 24.0 Å². The average Bonchev–Trinajstić information content (AvgIpc) is 3.04. The van der Waals surface area contributed by atoms with Crippen LogP contribution < -0.4 is 16.0 Å². The molecule has 1 aliphatic rings. The van der Waals surface area contributed by atoms with Gasteiger partial charge in [-0.15, -0.1) is 0 Å². The minimum atomic E-state index is -0.919. The van der Waals surface area contributed by atoms with Gasteiger partial charge in [0.25, 0.3) is 5.91 Å². The molecule has 152 valence electrons. The number of amides is 4. The fourth-order valence-electron chi connectivity index (χ4n) is 3.16. The Bertz CT molecular complexity index is 566. The molecule has 0 radical (unpaired) electrons. The van der Waals surface area contributed by atoms with Crippen molar-refractivity contribution >= 4 is 29.9 Å². The second-order valence-corrected chi connectivity index (χ2v) is 6.77. The molecule has 27 heavy (non-hydrogen) atoms. The predicted molar refractivity (Wildman–Crippen MR) is 98.5 cm³/mol. The van der Waals surface area contributed by atoms with E-state index in [0.29, 0.717) is 45.2 Å². The highest BCUT2D eigenvalue weighted by molar-refractivity contribution is 6.38. The van der Waals surface area contributed by atoms with Crippen LogP contribution in [0.2, 0.25) is 0 Å². The van der Waals surface area contributed by atoms with Crippen LogP contribution in [0.5, 0.6) is 0 Å². The quantitative estimate of drug-likeness (QED) is 0.323. The largest absolute Gasteiger partial charge is 0.350 e. The van der Waals surface area contributed by atoms with Gasteiger partial charge in [0.1, 0.15) is 6.04 Å². The van der Waals surface area contributed by atoms with E-state index in [0.717, 1.165) is 0 Å². The van der Waals surface area contributed by atoms with E-state index >= 15 is 0 Å². The van der Waals surface area contributed by atoms with Crippen LogP contribution in [0.1, 0.15) is 46.5 Å². The minimum Gasteiger partial charge on any atom is -0.350 e. The summed E-state index contributed by atoms with van der Waals surface area (Å²) >= 11 is 0. The Kier molecular flexibility index (Phi) is 9.46. The van der Waals surface area contributed by atoms with E-state index in [1.54, 1.807) is 0 Å². The van der Waals surface area contributed by atoms with Crippen LogP contribution in [-0.4, -0.2) is 66.5 Å². The summed E-state index contributed by atoms with van der Waals surface area (Å²) in [5.41, 5.74) is 0. The second-order valence-electron chi connectivity index (χ2n) is 6.77. The highest BCUT2D eigenvalue weighted by atomic mass is 16.2. The molecule has 0 aliphatic carbocycles. The van der Waals surface area contributed by atoms with Crippen molar-refractivity contribution in [3.63, 3.8) is 0 Å². The van der Waals surface area contributed by atoms with Crippen molar-refractivity contribution in [3.05, 3.63) is 0 Å². The Labute approximate surface area is 159 Å². The van der Waals surface area contributed by atoms with Gasteiger partial charge in [0.15, 0.2) is 0 Å². The molecular formula is C18H30N4O5. The van der Waals surface area contributed by atoms with Gasteiger partial charge in [0.05, 0.1) is 12.6 Å². The molecule has 1 fully saturated rings. The number of nitrogens with zero attached hydrogens (tertiary/aromatic N) is 1. The highest BCUT2D eigenvalue weighted by Gasteiger charge is 2.40. The lowest BCUT2D eigenvalue weighted by molar-refractivity contribution is -0.142. The molecule has 0 aromatic rings. The van der Waals surface area contributed by atoms with Gasteiger partial charge in [-0.05, 0) is 25.2 Å². The van der Waals surface area contributed by atoms with Gasteiger partial charge in [0, 0.05) is 13.1 Å². The van der Waals surface area contributed by atoms with E-state index in [1.807, 2.05) is 20.8 Å². The number of Topliss-reactive ketones (excluding diaryl/α,β-unsaturated/α-hetero) is 1. The van der Waals surface area contributed by atoms with Gasteiger partial charge in [-0.25, -0.2) is 0 Å². The third-order valence-electron chi connectivity index (χ3n) is 4.60. The molecule has 9 heteroatoms. The molecule has 1 heterocycles. The van der Waals surface area contributed by atoms with Crippen molar-refractivity contribution in [2.45, 2.75) is 58.5 Å². The average molecular weight is 382 g/mol. The molecule has 4 amide bonds. The van der Waals surface area contributed by atoms with Crippen molar-refractivity contribution in [2.75, 3.05) is 19.6 Å². The molecule has 1 aliphatic heterocycles. The zero-order valence-corrected chi connectivity index (χ0v) is 16.2. The molecule has 0 saturated carbocycles. The molecule has 0 spiro atoms. The number of hydrogen-bond donors (Lipinski definition) is 3. The van der Waals surface area contributed by atoms with Gasteiger partial charge >= 0.3 is 0 Å². The topological polar surface area (TPSA) is 125 Å². The summed E-state index contributed by atoms with van der Waals surface area (Å²) in [7, 11) is 0. The molecule has 0 bridgehead atoms. The van der Waals surface area contributed by atoms with Crippen molar-refractivity contribution in [1.82, 2.24) is 20.9 Å². The predicted octanol–water partition coefficient (Wildman–Crippen LogP) is -0.650. The lowest BCUT2D eigenvalue weighted by atomic mass is 10.00. The molecular weight excluding hydrogens is 352 g/mol. The fraction of sp³-hybridized carbons (Fsp3) is 0.722. The van der Waals surface area contributed by atoms with Gasteiger partial charge in [-0.2, -0.15) is 0 Å². The second kappa shape index (κ2) is 11.3. The number of carbonyl (C=O) groups excluding carboxylic acids is 5. The summed E-state index contributed by atoms with van der Waals surface area (Å²) in [6.07, 6.45) is 2.73. The van der Waals surface area contributed by atoms with E-state index in [2.05, 4.69) is 16.0 Å². The lowest BCUT2D eigenvalue weighted by Crippen LogP contribution is -2.55. The van der Waals surface area contributed by atoms with E-state index in [4.69, 9.17) is 0 Å². The van der Waals surface area contributed by atoms with Crippen LogP contribution in [0, 0.1) is 5.92 Å². The minimum absolute atomic E-state index is 0.0866. The van der Waals surface area contributed by atoms with Crippen LogP contribution in [0.3, 0.4) is 0 Å². The SMILES string of the molecule is CCCNC(=O)C(=O)C(CCC)NC(=O)C1C(C)CCN1C(=O)CNC=O. The maximum absolute atomic E-state index is 12.8. The van der Waals surface area contributed by atoms with E-state index < -0.39 is 29.7 Å². The number of carbonyl (C=O) groups is 5. The molecule has 1 saturated heterocycles. The van der Waals surface area contributed by atoms with E-state index in [-0.39, 0.29) is 18.4 Å². The number of likely N-dealkylation sites (tertiary alicyclic amines) is 1. The molecule has 0 aromatic carbocycles. The van der Waals surface area contributed by atoms with Crippen LogP contribution in [0.4, 0.5) is 0 Å². The number of hydrogen-bond acceptors (Lipinski definition) is 5. The Morgan fingerprint density at radius 3 is 2.48 bits per heavy atom. The summed E-state index contributed by atoms with van der Waals surface area (Å²) in [5.74, 6) is -2.28. The van der Waals surface area contributed by atoms with Gasteiger partial charge < -0.3 is 20.9 Å². The zero-order chi connectivity index (χ0) is 20.4. The van der Waals surface area contributed by atoms with Gasteiger partial charge in [0.2, 0.25) is 24.0 Å². The Balaban J connectivity index is 2.83. The highest BCUT2D eigenvalue weighted by Crippen LogP contribution is 2.24. The maximum atomic E-state index is 12.8. The Morgan fingerprint density at radius 1 is 1.19 bits per heavy atom. The Hall–Kier alpha value is -2.45. The summed E-state index contributed by atoms with van der Waals surface area (Å²) in [4.78, 5) is 61.2. The monoisotopic (exact) mass is 382 g/mol. The molecule has 3 atom stereocenters. The smallest absolute Gasteiger partial charge is 0.289 e. The molecule has 1 rings (SSSR count). The standard InChI is InChI=1S/C18H30N4O5/c1-4-6-13(16(25)18(27)20-8-5-2)21-17(26)15-12(3)7-9-22(15)14(24)10-19-11-23/h11-13,15H,4-10H2,1-3H3,(H,19,23)(H,20,27)(H,21,26). The van der Waals surface area contributed by atoms with Crippen LogP contribution in [0.15, 0.2) is 0 Å². The number of ketones is 1. The van der Waals surface area contributed by atoms with Crippen LogP contribution in [-0.2, 0) is 24.0 Å². The summed E-state index contributed by atoms with van der Waals surface area (Å²) in [5, 5.41) is 7.48. The first-order valence-electron chi connectivity index (χ1n) is 9.46. The first-order valence-corrected chi connectivity index (χ1v) is 9.46. The van der Waals surface area contributed by atoms with Gasteiger partial charge in [-0.3, -0.25) is 24.0 Å². The first kappa shape index (κ1) is 22.6. The third kappa shape index (κ3) is 6.33.